The number of carboxylic acid groups (broad SMARTS) is 1. The van der Waals surface area contributed by atoms with Crippen molar-refractivity contribution in [2.75, 3.05) is 13.1 Å². The van der Waals surface area contributed by atoms with Gasteiger partial charge >= 0.3 is 12.1 Å². The van der Waals surface area contributed by atoms with E-state index in [-0.39, 0.29) is 17.7 Å². The lowest BCUT2D eigenvalue weighted by Gasteiger charge is -2.35. The number of benzene rings is 2. The quantitative estimate of drug-likeness (QED) is 0.447. The van der Waals surface area contributed by atoms with Gasteiger partial charge in [0.1, 0.15) is 28.6 Å². The Kier molecular flexibility index (Phi) is 6.67. The number of nitrogens with zero attached hydrogens (tertiary/aromatic N) is 3. The van der Waals surface area contributed by atoms with Crippen LogP contribution >= 0.6 is 0 Å². The van der Waals surface area contributed by atoms with Crippen molar-refractivity contribution in [3.05, 3.63) is 66.1 Å². The number of carbonyl (C=O) groups excluding carboxylic acids is 1. The van der Waals surface area contributed by atoms with E-state index in [1.165, 1.54) is 0 Å². The average molecular weight is 504 g/mol. The SMILES string of the molecule is CC(C)(C)OC(=O)N1CCC(C2CCn3c2nc(-c2ccc(Oc4ccccc4)cc2)c3C(=O)O)CC1. The van der Waals surface area contributed by atoms with E-state index in [0.29, 0.717) is 37.0 Å². The average Bonchev–Trinajstić information content (AvgIpc) is 3.44. The molecule has 2 aliphatic rings. The van der Waals surface area contributed by atoms with E-state index in [9.17, 15) is 14.7 Å². The van der Waals surface area contributed by atoms with Crippen molar-refractivity contribution in [3.8, 4) is 22.8 Å². The van der Waals surface area contributed by atoms with Crippen LogP contribution in [0.4, 0.5) is 4.79 Å². The summed E-state index contributed by atoms with van der Waals surface area (Å²) in [5, 5.41) is 10.1. The Hall–Kier alpha value is -3.81. The van der Waals surface area contributed by atoms with Crippen molar-refractivity contribution in [3.63, 3.8) is 0 Å². The molecule has 1 fully saturated rings. The van der Waals surface area contributed by atoms with Gasteiger partial charge in [-0.1, -0.05) is 18.2 Å². The van der Waals surface area contributed by atoms with Crippen molar-refractivity contribution < 1.29 is 24.2 Å². The van der Waals surface area contributed by atoms with Gasteiger partial charge in [0.2, 0.25) is 0 Å². The summed E-state index contributed by atoms with van der Waals surface area (Å²) in [7, 11) is 0. The molecule has 2 aliphatic heterocycles. The van der Waals surface area contributed by atoms with Crippen LogP contribution in [0.2, 0.25) is 0 Å². The third-order valence-electron chi connectivity index (χ3n) is 7.06. The van der Waals surface area contributed by atoms with Gasteiger partial charge in [0, 0.05) is 31.1 Å². The van der Waals surface area contributed by atoms with Crippen LogP contribution in [0.15, 0.2) is 54.6 Å². The summed E-state index contributed by atoms with van der Waals surface area (Å²) in [5.41, 5.74) is 0.961. The lowest BCUT2D eigenvalue weighted by molar-refractivity contribution is 0.0173. The molecule has 1 atom stereocenters. The third kappa shape index (κ3) is 5.33. The summed E-state index contributed by atoms with van der Waals surface area (Å²) in [6, 6.07) is 16.9. The Morgan fingerprint density at radius 2 is 1.57 bits per heavy atom. The monoisotopic (exact) mass is 503 g/mol. The summed E-state index contributed by atoms with van der Waals surface area (Å²) in [6.45, 7) is 7.53. The first kappa shape index (κ1) is 24.9. The third-order valence-corrected chi connectivity index (χ3v) is 7.06. The lowest BCUT2D eigenvalue weighted by Crippen LogP contribution is -2.42. The molecule has 0 bridgehead atoms. The molecule has 3 heterocycles. The first-order chi connectivity index (χ1) is 17.7. The number of carboxylic acids is 1. The second kappa shape index (κ2) is 9.92. The highest BCUT2D eigenvalue weighted by Gasteiger charge is 2.38. The van der Waals surface area contributed by atoms with Gasteiger partial charge in [-0.05, 0) is 82.3 Å². The van der Waals surface area contributed by atoms with Gasteiger partial charge in [-0.2, -0.15) is 0 Å². The van der Waals surface area contributed by atoms with Crippen LogP contribution in [0.1, 0.15) is 62.3 Å². The molecule has 1 amide bonds. The van der Waals surface area contributed by atoms with Gasteiger partial charge < -0.3 is 24.0 Å². The minimum atomic E-state index is -0.973. The number of fused-ring (bicyclic) bond motifs is 1. The molecule has 0 spiro atoms. The second-order valence-electron chi connectivity index (χ2n) is 10.8. The highest BCUT2D eigenvalue weighted by atomic mass is 16.6. The second-order valence-corrected chi connectivity index (χ2v) is 10.8. The van der Waals surface area contributed by atoms with Crippen LogP contribution in [-0.4, -0.2) is 50.3 Å². The van der Waals surface area contributed by atoms with Crippen molar-refractivity contribution in [1.82, 2.24) is 14.5 Å². The molecule has 1 saturated heterocycles. The van der Waals surface area contributed by atoms with E-state index in [1.54, 1.807) is 4.90 Å². The Balaban J connectivity index is 1.32. The van der Waals surface area contributed by atoms with Gasteiger partial charge in [0.25, 0.3) is 0 Å². The molecule has 8 nitrogen and oxygen atoms in total. The van der Waals surface area contributed by atoms with Crippen LogP contribution < -0.4 is 4.74 Å². The molecule has 194 valence electrons. The molecule has 1 aromatic heterocycles. The minimum Gasteiger partial charge on any atom is -0.477 e. The minimum absolute atomic E-state index is 0.174. The molecule has 0 aliphatic carbocycles. The number of hydrogen-bond acceptors (Lipinski definition) is 5. The zero-order chi connectivity index (χ0) is 26.2. The molecular formula is C29H33N3O5. The van der Waals surface area contributed by atoms with Crippen LogP contribution in [0.3, 0.4) is 0 Å². The number of hydrogen-bond donors (Lipinski definition) is 1. The Morgan fingerprint density at radius 1 is 0.919 bits per heavy atom. The van der Waals surface area contributed by atoms with Gasteiger partial charge in [0.05, 0.1) is 0 Å². The van der Waals surface area contributed by atoms with Gasteiger partial charge in [-0.15, -0.1) is 0 Å². The van der Waals surface area contributed by atoms with E-state index in [4.69, 9.17) is 14.5 Å². The van der Waals surface area contributed by atoms with Crippen molar-refractivity contribution in [1.29, 1.82) is 0 Å². The largest absolute Gasteiger partial charge is 0.477 e. The van der Waals surface area contributed by atoms with Gasteiger partial charge in [-0.25, -0.2) is 14.6 Å². The van der Waals surface area contributed by atoms with E-state index < -0.39 is 11.6 Å². The first-order valence-electron chi connectivity index (χ1n) is 12.8. The lowest BCUT2D eigenvalue weighted by atomic mass is 9.83. The normalized spacial score (nSPS) is 17.9. The molecule has 0 radical (unpaired) electrons. The van der Waals surface area contributed by atoms with Crippen LogP contribution in [0, 0.1) is 5.92 Å². The maximum Gasteiger partial charge on any atom is 0.410 e. The first-order valence-corrected chi connectivity index (χ1v) is 12.8. The molecule has 8 heteroatoms. The number of aromatic carboxylic acids is 1. The molecule has 3 aromatic rings. The summed E-state index contributed by atoms with van der Waals surface area (Å²) < 4.78 is 13.3. The zero-order valence-electron chi connectivity index (χ0n) is 21.5. The van der Waals surface area contributed by atoms with Gasteiger partial charge in [0.15, 0.2) is 5.69 Å². The Labute approximate surface area is 216 Å². The maximum absolute atomic E-state index is 12.5. The van der Waals surface area contributed by atoms with Gasteiger partial charge in [-0.3, -0.25) is 0 Å². The van der Waals surface area contributed by atoms with E-state index in [1.807, 2.05) is 79.9 Å². The summed E-state index contributed by atoms with van der Waals surface area (Å²) in [4.78, 5) is 31.4. The predicted octanol–water partition coefficient (Wildman–Crippen LogP) is 6.18. The summed E-state index contributed by atoms with van der Waals surface area (Å²) in [5.74, 6) is 1.80. The summed E-state index contributed by atoms with van der Waals surface area (Å²) >= 11 is 0. The predicted molar refractivity (Wildman–Crippen MR) is 139 cm³/mol. The molecular weight excluding hydrogens is 470 g/mol. The molecule has 37 heavy (non-hydrogen) atoms. The number of rotatable bonds is 5. The molecule has 0 saturated carbocycles. The van der Waals surface area contributed by atoms with Crippen LogP contribution in [0.5, 0.6) is 11.5 Å². The fraction of sp³-hybridized carbons (Fsp3) is 0.414. The molecule has 2 aromatic carbocycles. The topological polar surface area (TPSA) is 93.9 Å². The van der Waals surface area contributed by atoms with Crippen molar-refractivity contribution in [2.45, 2.75) is 58.1 Å². The number of para-hydroxylation sites is 1. The molecule has 1 N–H and O–H groups in total. The zero-order valence-corrected chi connectivity index (χ0v) is 21.5. The number of carbonyl (C=O) groups is 2. The standard InChI is InChI=1S/C29H33N3O5/c1-29(2,3)37-28(35)31-16-13-19(14-17-31)23-15-18-32-25(27(33)34)24(30-26(23)32)20-9-11-22(12-10-20)36-21-7-5-4-6-8-21/h4-12,19,23H,13-18H2,1-3H3,(H,33,34). The smallest absolute Gasteiger partial charge is 0.410 e. The fourth-order valence-electron chi connectivity index (χ4n) is 5.36. The number of piperidine rings is 1. The number of likely N-dealkylation sites (tertiary alicyclic amines) is 1. The summed E-state index contributed by atoms with van der Waals surface area (Å²) in [6.07, 6.45) is 2.29. The van der Waals surface area contributed by atoms with E-state index in [0.717, 1.165) is 36.4 Å². The number of ether oxygens (including phenoxy) is 2. The number of aromatic nitrogens is 2. The highest BCUT2D eigenvalue weighted by molar-refractivity contribution is 5.93. The number of amides is 1. The van der Waals surface area contributed by atoms with E-state index >= 15 is 0 Å². The molecule has 1 unspecified atom stereocenters. The van der Waals surface area contributed by atoms with Crippen LogP contribution in [0.25, 0.3) is 11.3 Å². The van der Waals surface area contributed by atoms with Crippen molar-refractivity contribution in [2.24, 2.45) is 5.92 Å². The molecule has 5 rings (SSSR count). The van der Waals surface area contributed by atoms with Crippen LogP contribution in [-0.2, 0) is 11.3 Å². The Bertz CT molecular complexity index is 1270. The van der Waals surface area contributed by atoms with E-state index in [2.05, 4.69) is 0 Å². The fourth-order valence-corrected chi connectivity index (χ4v) is 5.36. The van der Waals surface area contributed by atoms with Crippen molar-refractivity contribution >= 4 is 12.1 Å². The number of imidazole rings is 1. The maximum atomic E-state index is 12.5. The highest BCUT2D eigenvalue weighted by Crippen LogP contribution is 2.42. The Morgan fingerprint density at radius 3 is 2.19 bits per heavy atom.